The minimum atomic E-state index is -0.348. The lowest BCUT2D eigenvalue weighted by Gasteiger charge is -2.32. The number of nitrogens with zero attached hydrogens (tertiary/aromatic N) is 2. The van der Waals surface area contributed by atoms with Crippen LogP contribution in [0.25, 0.3) is 28.1 Å². The quantitative estimate of drug-likeness (QED) is 0.0874. The Morgan fingerprint density at radius 2 is 1.92 bits per heavy atom. The van der Waals surface area contributed by atoms with Crippen molar-refractivity contribution in [1.82, 2.24) is 15.6 Å². The van der Waals surface area contributed by atoms with Crippen LogP contribution in [0, 0.1) is 11.7 Å². The Balaban J connectivity index is 1.73. The van der Waals surface area contributed by atoms with Gasteiger partial charge in [0.15, 0.2) is 5.84 Å². The van der Waals surface area contributed by atoms with Crippen molar-refractivity contribution in [1.29, 1.82) is 0 Å². The lowest BCUT2D eigenvalue weighted by atomic mass is 9.72. The van der Waals surface area contributed by atoms with Crippen LogP contribution in [-0.2, 0) is 0 Å². The highest BCUT2D eigenvalue weighted by Gasteiger charge is 2.29. The van der Waals surface area contributed by atoms with Gasteiger partial charge in [-0.1, -0.05) is 66.6 Å². The SMILES string of the molecule is N/N=C(/C=C/c1ccc(/C(=C(\c2ccc(F)cc2Cl)C2CCC2)c2cccc3[nH]ncc23)cc1)NN. The van der Waals surface area contributed by atoms with E-state index >= 15 is 0 Å². The molecule has 4 aromatic rings. The van der Waals surface area contributed by atoms with Gasteiger partial charge in [0.2, 0.25) is 0 Å². The molecule has 0 aliphatic heterocycles. The number of amidine groups is 1. The van der Waals surface area contributed by atoms with Gasteiger partial charge in [-0.15, -0.1) is 0 Å². The van der Waals surface area contributed by atoms with Crippen LogP contribution < -0.4 is 17.1 Å². The highest BCUT2D eigenvalue weighted by molar-refractivity contribution is 6.33. The number of aromatic amines is 1. The lowest BCUT2D eigenvalue weighted by Crippen LogP contribution is -2.29. The van der Waals surface area contributed by atoms with Crippen LogP contribution in [0.1, 0.15) is 41.5 Å². The Morgan fingerprint density at radius 1 is 1.11 bits per heavy atom. The number of hydrogen-bond acceptors (Lipinski definition) is 4. The van der Waals surface area contributed by atoms with Gasteiger partial charge in [0.1, 0.15) is 5.82 Å². The molecule has 0 unspecified atom stereocenters. The Morgan fingerprint density at radius 3 is 2.58 bits per heavy atom. The van der Waals surface area contributed by atoms with Crippen molar-refractivity contribution in [2.24, 2.45) is 22.7 Å². The minimum Gasteiger partial charge on any atom is -0.321 e. The first-order valence-corrected chi connectivity index (χ1v) is 12.1. The van der Waals surface area contributed by atoms with Crippen LogP contribution in [0.4, 0.5) is 4.39 Å². The number of hydrogen-bond donors (Lipinski definition) is 4. The van der Waals surface area contributed by atoms with E-state index in [-0.39, 0.29) is 5.82 Å². The summed E-state index contributed by atoms with van der Waals surface area (Å²) in [7, 11) is 0. The number of aromatic nitrogens is 2. The second-order valence-electron chi connectivity index (χ2n) is 8.79. The van der Waals surface area contributed by atoms with E-state index in [0.29, 0.717) is 16.8 Å². The molecule has 0 atom stereocenters. The molecule has 8 heteroatoms. The maximum atomic E-state index is 14.0. The van der Waals surface area contributed by atoms with Crippen LogP contribution in [0.15, 0.2) is 78.0 Å². The summed E-state index contributed by atoms with van der Waals surface area (Å²) in [5.74, 6) is 11.1. The molecule has 6 N–H and O–H groups in total. The van der Waals surface area contributed by atoms with Crippen molar-refractivity contribution in [3.63, 3.8) is 0 Å². The molecule has 0 spiro atoms. The van der Waals surface area contributed by atoms with E-state index in [1.165, 1.54) is 12.1 Å². The summed E-state index contributed by atoms with van der Waals surface area (Å²) in [5.41, 5.74) is 9.50. The molecule has 0 bridgehead atoms. The van der Waals surface area contributed by atoms with Crippen molar-refractivity contribution >= 4 is 45.6 Å². The van der Waals surface area contributed by atoms with Gasteiger partial charge in [-0.25, -0.2) is 10.2 Å². The van der Waals surface area contributed by atoms with E-state index < -0.39 is 0 Å². The normalized spacial score (nSPS) is 15.2. The molecule has 1 aliphatic carbocycles. The fourth-order valence-corrected chi connectivity index (χ4v) is 4.94. The average molecular weight is 501 g/mol. The molecular formula is C28H26ClFN6. The van der Waals surface area contributed by atoms with E-state index in [4.69, 9.17) is 23.3 Å². The van der Waals surface area contributed by atoms with Gasteiger partial charge in [-0.3, -0.25) is 5.10 Å². The summed E-state index contributed by atoms with van der Waals surface area (Å²) in [5, 5.41) is 12.4. The third-order valence-electron chi connectivity index (χ3n) is 6.68. The van der Waals surface area contributed by atoms with Crippen LogP contribution in [0.2, 0.25) is 5.02 Å². The molecule has 0 amide bonds. The Kier molecular flexibility index (Phi) is 6.84. The Bertz CT molecular complexity index is 1480. The minimum absolute atomic E-state index is 0.323. The number of hydrazine groups is 1. The maximum Gasteiger partial charge on any atom is 0.159 e. The first kappa shape index (κ1) is 23.8. The zero-order valence-corrected chi connectivity index (χ0v) is 20.3. The molecule has 36 heavy (non-hydrogen) atoms. The third-order valence-corrected chi connectivity index (χ3v) is 6.99. The monoisotopic (exact) mass is 500 g/mol. The fourth-order valence-electron chi connectivity index (χ4n) is 4.67. The van der Waals surface area contributed by atoms with Crippen LogP contribution in [0.5, 0.6) is 0 Å². The number of halogens is 2. The average Bonchev–Trinajstić information content (AvgIpc) is 3.34. The van der Waals surface area contributed by atoms with Crippen LogP contribution in [0.3, 0.4) is 0 Å². The van der Waals surface area contributed by atoms with Gasteiger partial charge in [0.25, 0.3) is 0 Å². The summed E-state index contributed by atoms with van der Waals surface area (Å²) in [6, 6.07) is 19.0. The first-order valence-electron chi connectivity index (χ1n) is 11.7. The Hall–Kier alpha value is -3.94. The predicted octanol–water partition coefficient (Wildman–Crippen LogP) is 5.86. The number of H-pyrrole nitrogens is 1. The summed E-state index contributed by atoms with van der Waals surface area (Å²) in [6.45, 7) is 0. The van der Waals surface area contributed by atoms with Crippen molar-refractivity contribution in [2.45, 2.75) is 19.3 Å². The molecule has 1 saturated carbocycles. The van der Waals surface area contributed by atoms with Gasteiger partial charge < -0.3 is 11.3 Å². The van der Waals surface area contributed by atoms with Crippen molar-refractivity contribution in [3.8, 4) is 0 Å². The van der Waals surface area contributed by atoms with E-state index in [2.05, 4.69) is 38.9 Å². The predicted molar refractivity (Wildman–Crippen MR) is 145 cm³/mol. The zero-order chi connectivity index (χ0) is 25.1. The molecule has 0 saturated heterocycles. The number of nitrogens with one attached hydrogen (secondary N) is 2. The molecule has 5 rings (SSSR count). The first-order chi connectivity index (χ1) is 17.6. The lowest BCUT2D eigenvalue weighted by molar-refractivity contribution is 0.401. The molecule has 1 heterocycles. The molecular weight excluding hydrogens is 475 g/mol. The van der Waals surface area contributed by atoms with Gasteiger partial charge in [0.05, 0.1) is 16.7 Å². The van der Waals surface area contributed by atoms with Crippen LogP contribution in [-0.4, -0.2) is 16.0 Å². The number of allylic oxidation sites excluding steroid dienone is 1. The topological polar surface area (TPSA) is 105 Å². The summed E-state index contributed by atoms with van der Waals surface area (Å²) in [4.78, 5) is 0. The van der Waals surface area contributed by atoms with Gasteiger partial charge in [-0.2, -0.15) is 10.2 Å². The number of rotatable bonds is 6. The number of nitrogens with two attached hydrogens (primary N) is 2. The summed E-state index contributed by atoms with van der Waals surface area (Å²) in [6.07, 6.45) is 8.69. The molecule has 1 aromatic heterocycles. The highest BCUT2D eigenvalue weighted by atomic mass is 35.5. The Labute approximate surface area is 213 Å². The number of hydrazone groups is 1. The van der Waals surface area contributed by atoms with E-state index in [0.717, 1.165) is 63.6 Å². The number of benzene rings is 3. The molecule has 182 valence electrons. The largest absolute Gasteiger partial charge is 0.321 e. The molecule has 6 nitrogen and oxygen atoms in total. The molecule has 1 aliphatic rings. The molecule has 0 radical (unpaired) electrons. The van der Waals surface area contributed by atoms with Crippen molar-refractivity contribution in [3.05, 3.63) is 106 Å². The van der Waals surface area contributed by atoms with Crippen LogP contribution >= 0.6 is 11.6 Å². The smallest absolute Gasteiger partial charge is 0.159 e. The van der Waals surface area contributed by atoms with E-state index in [1.54, 1.807) is 12.1 Å². The van der Waals surface area contributed by atoms with Gasteiger partial charge in [0, 0.05) is 5.39 Å². The van der Waals surface area contributed by atoms with Gasteiger partial charge in [-0.05, 0) is 76.4 Å². The second kappa shape index (κ2) is 10.4. The zero-order valence-electron chi connectivity index (χ0n) is 19.5. The summed E-state index contributed by atoms with van der Waals surface area (Å²) >= 11 is 6.65. The number of fused-ring (bicyclic) bond motifs is 1. The van der Waals surface area contributed by atoms with Crippen molar-refractivity contribution in [2.75, 3.05) is 0 Å². The maximum absolute atomic E-state index is 14.0. The van der Waals surface area contributed by atoms with Gasteiger partial charge >= 0.3 is 0 Å². The highest BCUT2D eigenvalue weighted by Crippen LogP contribution is 2.47. The third kappa shape index (κ3) is 4.63. The summed E-state index contributed by atoms with van der Waals surface area (Å²) < 4.78 is 14.0. The standard InChI is InChI=1S/C28H26ClFN6/c29-24-15-20(30)12-13-22(24)28(18-3-1-4-18)27(21-5-2-6-25-23(21)16-33-36-25)19-10-7-17(8-11-19)9-14-26(34-31)35-32/h2,5-16,18H,1,3-4,31-32H2,(H,33,36)(H,34,35)/b14-9+,28-27+. The van der Waals surface area contributed by atoms with Crippen molar-refractivity contribution < 1.29 is 4.39 Å². The second-order valence-corrected chi connectivity index (χ2v) is 9.20. The fraction of sp³-hybridized carbons (Fsp3) is 0.143. The molecule has 3 aromatic carbocycles. The molecule has 1 fully saturated rings. The van der Waals surface area contributed by atoms with E-state index in [1.807, 2.05) is 36.5 Å². The van der Waals surface area contributed by atoms with E-state index in [9.17, 15) is 4.39 Å².